The molecule has 28 heavy (non-hydrogen) atoms. The number of nitrogens with zero attached hydrogens (tertiary/aromatic N) is 4. The van der Waals surface area contributed by atoms with Crippen molar-refractivity contribution in [3.63, 3.8) is 0 Å². The van der Waals surface area contributed by atoms with Gasteiger partial charge in [-0.2, -0.15) is 13.2 Å². The van der Waals surface area contributed by atoms with Crippen molar-refractivity contribution in [3.8, 4) is 0 Å². The van der Waals surface area contributed by atoms with Crippen molar-refractivity contribution in [2.24, 2.45) is 0 Å². The first-order valence-electron chi connectivity index (χ1n) is 8.11. The topological polar surface area (TPSA) is 78.4 Å². The summed E-state index contributed by atoms with van der Waals surface area (Å²) in [4.78, 5) is 35.2. The van der Waals surface area contributed by atoms with Crippen LogP contribution in [0, 0.1) is 0 Å². The van der Waals surface area contributed by atoms with Gasteiger partial charge in [-0.1, -0.05) is 23.7 Å². The van der Waals surface area contributed by atoms with Crippen LogP contribution in [-0.4, -0.2) is 46.4 Å². The molecule has 1 fully saturated rings. The lowest BCUT2D eigenvalue weighted by atomic mass is 10.1. The zero-order valence-electron chi connectivity index (χ0n) is 14.6. The van der Waals surface area contributed by atoms with Crippen molar-refractivity contribution in [3.05, 3.63) is 53.1 Å². The average molecular weight is 414 g/mol. The molecule has 0 aliphatic carbocycles. The first-order valence-corrected chi connectivity index (χ1v) is 8.49. The van der Waals surface area contributed by atoms with Gasteiger partial charge in [-0.3, -0.25) is 9.69 Å². The van der Waals surface area contributed by atoms with Crippen LogP contribution in [0.25, 0.3) is 0 Å². The zero-order chi connectivity index (χ0) is 20.5. The molecule has 0 bridgehead atoms. The summed E-state index contributed by atoms with van der Waals surface area (Å²) in [5.74, 6) is -0.510. The van der Waals surface area contributed by atoms with Crippen LogP contribution in [-0.2, 0) is 17.5 Å². The van der Waals surface area contributed by atoms with Crippen LogP contribution < -0.4 is 10.2 Å². The maximum absolute atomic E-state index is 12.9. The molecule has 2 aromatic rings. The molecule has 0 radical (unpaired) electrons. The van der Waals surface area contributed by atoms with E-state index in [1.54, 1.807) is 0 Å². The fourth-order valence-corrected chi connectivity index (χ4v) is 3.14. The summed E-state index contributed by atoms with van der Waals surface area (Å²) in [6, 6.07) is 2.26. The van der Waals surface area contributed by atoms with Gasteiger partial charge in [-0.05, 0) is 11.6 Å². The summed E-state index contributed by atoms with van der Waals surface area (Å²) in [5, 5.41) is 2.08. The van der Waals surface area contributed by atoms with Gasteiger partial charge in [-0.15, -0.1) is 0 Å². The Hall–Kier alpha value is -2.88. The molecule has 0 spiro atoms. The van der Waals surface area contributed by atoms with Crippen molar-refractivity contribution in [1.82, 2.24) is 20.2 Å². The maximum atomic E-state index is 12.9. The third kappa shape index (κ3) is 3.86. The molecule has 1 aromatic heterocycles. The number of anilines is 1. The van der Waals surface area contributed by atoms with Gasteiger partial charge in [0.15, 0.2) is 0 Å². The highest BCUT2D eigenvalue weighted by Gasteiger charge is 2.40. The molecule has 148 valence electrons. The zero-order valence-corrected chi connectivity index (χ0v) is 15.3. The lowest BCUT2D eigenvalue weighted by Crippen LogP contribution is -2.43. The molecule has 11 heteroatoms. The van der Waals surface area contributed by atoms with Crippen LogP contribution in [0.1, 0.15) is 11.1 Å². The van der Waals surface area contributed by atoms with E-state index in [0.717, 1.165) is 6.07 Å². The summed E-state index contributed by atoms with van der Waals surface area (Å²) in [6.07, 6.45) is -0.382. The standard InChI is InChI=1S/C17H15ClF3N5O2/c1-25-13(8-26(16(25)28)11-6-22-9-23-7-11)15(27)24-5-10-3-2-4-12(14(10)18)17(19,20)21/h2-4,6-7,9,13H,5,8H2,1H3,(H,24,27)/t13-/m0/s1. The summed E-state index contributed by atoms with van der Waals surface area (Å²) in [5.41, 5.74) is -0.398. The number of carbonyl (C=O) groups excluding carboxylic acids is 2. The Balaban J connectivity index is 1.70. The largest absolute Gasteiger partial charge is 0.417 e. The van der Waals surface area contributed by atoms with E-state index in [0.29, 0.717) is 5.69 Å². The second-order valence-corrected chi connectivity index (χ2v) is 6.49. The molecule has 1 saturated heterocycles. The van der Waals surface area contributed by atoms with E-state index < -0.39 is 34.7 Å². The minimum Gasteiger partial charge on any atom is -0.350 e. The molecular weight excluding hydrogens is 399 g/mol. The van der Waals surface area contributed by atoms with Crippen LogP contribution in [0.4, 0.5) is 23.7 Å². The average Bonchev–Trinajstić information content (AvgIpc) is 2.96. The van der Waals surface area contributed by atoms with Gasteiger partial charge in [0.2, 0.25) is 5.91 Å². The van der Waals surface area contributed by atoms with Crippen LogP contribution in [0.3, 0.4) is 0 Å². The lowest BCUT2D eigenvalue weighted by Gasteiger charge is -2.18. The van der Waals surface area contributed by atoms with E-state index in [9.17, 15) is 22.8 Å². The number of amides is 3. The van der Waals surface area contributed by atoms with E-state index in [1.807, 2.05) is 0 Å². The number of carbonyl (C=O) groups is 2. The molecule has 1 atom stereocenters. The summed E-state index contributed by atoms with van der Waals surface area (Å²) >= 11 is 5.83. The summed E-state index contributed by atoms with van der Waals surface area (Å²) < 4.78 is 38.8. The number of aromatic nitrogens is 2. The number of alkyl halides is 3. The Bertz CT molecular complexity index is 894. The number of likely N-dealkylation sites (N-methyl/N-ethyl adjacent to an activating group) is 1. The number of benzene rings is 1. The molecule has 0 saturated carbocycles. The van der Waals surface area contributed by atoms with Gasteiger partial charge in [0.05, 0.1) is 35.2 Å². The maximum Gasteiger partial charge on any atom is 0.417 e. The van der Waals surface area contributed by atoms with Crippen LogP contribution >= 0.6 is 11.6 Å². The molecule has 3 rings (SSSR count). The van der Waals surface area contributed by atoms with Gasteiger partial charge in [-0.25, -0.2) is 14.8 Å². The SMILES string of the molecule is CN1C(=O)N(c2cncnc2)C[C@H]1C(=O)NCc1cccc(C(F)(F)F)c1Cl. The normalized spacial score (nSPS) is 17.2. The van der Waals surface area contributed by atoms with Crippen molar-refractivity contribution >= 4 is 29.2 Å². The second-order valence-electron chi connectivity index (χ2n) is 6.11. The quantitative estimate of drug-likeness (QED) is 0.836. The predicted molar refractivity (Wildman–Crippen MR) is 94.6 cm³/mol. The van der Waals surface area contributed by atoms with Gasteiger partial charge in [0.1, 0.15) is 12.4 Å². The molecule has 0 unspecified atom stereocenters. The Morgan fingerprint density at radius 2 is 2.00 bits per heavy atom. The van der Waals surface area contributed by atoms with Crippen LogP contribution in [0.15, 0.2) is 36.9 Å². The van der Waals surface area contributed by atoms with E-state index in [4.69, 9.17) is 11.6 Å². The number of halogens is 4. The molecule has 1 aromatic carbocycles. The number of urea groups is 1. The molecule has 3 amide bonds. The van der Waals surface area contributed by atoms with Gasteiger partial charge in [0, 0.05) is 13.6 Å². The van der Waals surface area contributed by atoms with Crippen molar-refractivity contribution in [1.29, 1.82) is 0 Å². The Labute approximate surface area is 163 Å². The number of hydrogen-bond acceptors (Lipinski definition) is 4. The van der Waals surface area contributed by atoms with Crippen molar-refractivity contribution in [2.75, 3.05) is 18.5 Å². The third-order valence-electron chi connectivity index (χ3n) is 4.35. The first kappa shape index (κ1) is 19.9. The molecule has 7 nitrogen and oxygen atoms in total. The fraction of sp³-hybridized carbons (Fsp3) is 0.294. The fourth-order valence-electron chi connectivity index (χ4n) is 2.84. The van der Waals surface area contributed by atoms with E-state index >= 15 is 0 Å². The Morgan fingerprint density at radius 1 is 1.32 bits per heavy atom. The highest BCUT2D eigenvalue weighted by atomic mass is 35.5. The van der Waals surface area contributed by atoms with Crippen molar-refractivity contribution in [2.45, 2.75) is 18.8 Å². The van der Waals surface area contributed by atoms with E-state index in [1.165, 1.54) is 47.7 Å². The van der Waals surface area contributed by atoms with Crippen LogP contribution in [0.5, 0.6) is 0 Å². The molecular formula is C17H15ClF3N5O2. The van der Waals surface area contributed by atoms with Gasteiger partial charge >= 0.3 is 12.2 Å². The number of nitrogens with one attached hydrogen (secondary N) is 1. The second kappa shape index (κ2) is 7.63. The highest BCUT2D eigenvalue weighted by Crippen LogP contribution is 2.36. The summed E-state index contributed by atoms with van der Waals surface area (Å²) in [7, 11) is 1.47. The van der Waals surface area contributed by atoms with Gasteiger partial charge in [0.25, 0.3) is 0 Å². The van der Waals surface area contributed by atoms with Crippen LogP contribution in [0.2, 0.25) is 5.02 Å². The smallest absolute Gasteiger partial charge is 0.350 e. The Morgan fingerprint density at radius 3 is 2.64 bits per heavy atom. The molecule has 1 aliphatic rings. The van der Waals surface area contributed by atoms with Crippen molar-refractivity contribution < 1.29 is 22.8 Å². The minimum absolute atomic E-state index is 0.0604. The molecule has 1 aliphatic heterocycles. The monoisotopic (exact) mass is 413 g/mol. The minimum atomic E-state index is -4.59. The Kier molecular flexibility index (Phi) is 5.41. The number of hydrogen-bond donors (Lipinski definition) is 1. The summed E-state index contributed by atoms with van der Waals surface area (Å²) in [6.45, 7) is -0.139. The predicted octanol–water partition coefficient (Wildman–Crippen LogP) is 2.71. The third-order valence-corrected chi connectivity index (χ3v) is 4.80. The van der Waals surface area contributed by atoms with E-state index in [-0.39, 0.29) is 18.7 Å². The first-order chi connectivity index (χ1) is 13.2. The highest BCUT2D eigenvalue weighted by molar-refractivity contribution is 6.32. The number of rotatable bonds is 4. The van der Waals surface area contributed by atoms with E-state index in [2.05, 4.69) is 15.3 Å². The lowest BCUT2D eigenvalue weighted by molar-refractivity contribution is -0.137. The van der Waals surface area contributed by atoms with Gasteiger partial charge < -0.3 is 10.2 Å². The molecule has 1 N–H and O–H groups in total. The molecule has 2 heterocycles.